The van der Waals surface area contributed by atoms with Gasteiger partial charge in [-0.3, -0.25) is 19.5 Å². The van der Waals surface area contributed by atoms with Crippen LogP contribution in [-0.4, -0.2) is 68.3 Å². The summed E-state index contributed by atoms with van der Waals surface area (Å²) in [4.78, 5) is 25.8. The highest BCUT2D eigenvalue weighted by molar-refractivity contribution is 7.99. The van der Waals surface area contributed by atoms with Crippen LogP contribution in [0.4, 0.5) is 5.13 Å². The third kappa shape index (κ3) is 7.29. The maximum absolute atomic E-state index is 13.1. The van der Waals surface area contributed by atoms with Crippen molar-refractivity contribution in [3.05, 3.63) is 70.0 Å². The molecule has 1 saturated heterocycles. The van der Waals surface area contributed by atoms with Crippen molar-refractivity contribution in [1.82, 2.24) is 34.6 Å². The molecule has 2 amide bonds. The molecule has 2 N–H and O–H groups in total. The fraction of sp³-hybridized carbons (Fsp3) is 0.357. The van der Waals surface area contributed by atoms with Crippen molar-refractivity contribution in [2.24, 2.45) is 0 Å². The lowest BCUT2D eigenvalue weighted by atomic mass is 10.1. The summed E-state index contributed by atoms with van der Waals surface area (Å²) in [6, 6.07) is 12.0. The second kappa shape index (κ2) is 13.3. The molecule has 15 heteroatoms. The van der Waals surface area contributed by atoms with E-state index in [4.69, 9.17) is 0 Å². The van der Waals surface area contributed by atoms with Crippen LogP contribution < -0.4 is 10.6 Å². The normalized spacial score (nSPS) is 14.0. The van der Waals surface area contributed by atoms with Crippen LogP contribution in [0.1, 0.15) is 51.6 Å². The van der Waals surface area contributed by atoms with E-state index in [1.807, 2.05) is 43.5 Å². The highest BCUT2D eigenvalue weighted by Crippen LogP contribution is 2.26. The summed E-state index contributed by atoms with van der Waals surface area (Å²) < 4.78 is 29.3. The quantitative estimate of drug-likeness (QED) is 0.246. The molecule has 1 aliphatic heterocycles. The minimum absolute atomic E-state index is 0.0594. The van der Waals surface area contributed by atoms with Crippen molar-refractivity contribution in [3.63, 3.8) is 0 Å². The number of rotatable bonds is 10. The zero-order chi connectivity index (χ0) is 30.6. The number of carbonyl (C=O) groups excluding carboxylic acids is 2. The Kier molecular flexibility index (Phi) is 9.54. The van der Waals surface area contributed by atoms with E-state index in [1.54, 1.807) is 0 Å². The largest absolute Gasteiger partial charge is 0.345 e. The first kappa shape index (κ1) is 30.8. The molecule has 12 nitrogen and oxygen atoms in total. The maximum atomic E-state index is 13.1. The number of carbonyl (C=O) groups is 2. The Morgan fingerprint density at radius 2 is 1.70 bits per heavy atom. The molecule has 0 aliphatic carbocycles. The van der Waals surface area contributed by atoms with Crippen molar-refractivity contribution in [1.29, 1.82) is 0 Å². The standard InChI is InChI=1S/C28H32N8O4S3/c1-18-7-8-19(2)23(15-18)36-24(32-34-28(36)41-17-25(37)30-27-33-31-20(3)42-27)16-29-26(38)21-9-11-22(12-10-21)43(39,40)35-13-5-4-6-14-35/h7-12,15H,4-6,13-14,16-17H2,1-3H3,(H,29,38)(H,30,33,37). The summed E-state index contributed by atoms with van der Waals surface area (Å²) in [5, 5.41) is 23.8. The number of hydrogen-bond acceptors (Lipinski definition) is 10. The third-order valence-corrected chi connectivity index (χ3v) is 10.5. The van der Waals surface area contributed by atoms with Crippen LogP contribution >= 0.6 is 23.1 Å². The molecule has 4 aromatic rings. The first-order chi connectivity index (χ1) is 20.6. The van der Waals surface area contributed by atoms with Crippen LogP contribution in [0.2, 0.25) is 0 Å². The molecule has 226 valence electrons. The Labute approximate surface area is 258 Å². The molecule has 3 heterocycles. The van der Waals surface area contributed by atoms with Gasteiger partial charge in [0.15, 0.2) is 11.0 Å². The first-order valence-electron chi connectivity index (χ1n) is 13.7. The molecular weight excluding hydrogens is 609 g/mol. The molecule has 0 spiro atoms. The van der Waals surface area contributed by atoms with Crippen LogP contribution in [0.3, 0.4) is 0 Å². The summed E-state index contributed by atoms with van der Waals surface area (Å²) in [7, 11) is -3.59. The molecule has 0 atom stereocenters. The van der Waals surface area contributed by atoms with Gasteiger partial charge in [0.2, 0.25) is 21.1 Å². The Hall–Kier alpha value is -3.66. The molecule has 2 aromatic carbocycles. The lowest BCUT2D eigenvalue weighted by Crippen LogP contribution is -2.35. The van der Waals surface area contributed by atoms with Crippen LogP contribution in [0.5, 0.6) is 0 Å². The zero-order valence-electron chi connectivity index (χ0n) is 24.0. The number of nitrogens with zero attached hydrogens (tertiary/aromatic N) is 6. The number of benzene rings is 2. The highest BCUT2D eigenvalue weighted by atomic mass is 32.2. The number of aryl methyl sites for hydroxylation is 3. The van der Waals surface area contributed by atoms with Gasteiger partial charge in [0.25, 0.3) is 5.91 Å². The lowest BCUT2D eigenvalue weighted by Gasteiger charge is -2.25. The number of sulfonamides is 1. The van der Waals surface area contributed by atoms with Crippen LogP contribution in [0, 0.1) is 20.8 Å². The van der Waals surface area contributed by atoms with Crippen molar-refractivity contribution < 1.29 is 18.0 Å². The summed E-state index contributed by atoms with van der Waals surface area (Å²) in [6.45, 7) is 6.85. The Morgan fingerprint density at radius 3 is 2.40 bits per heavy atom. The van der Waals surface area contributed by atoms with Gasteiger partial charge in [-0.05, 0) is 75.1 Å². The SMILES string of the molecule is Cc1ccc(C)c(-n2c(CNC(=O)c3ccc(S(=O)(=O)N4CCCCC4)cc3)nnc2SCC(=O)Nc2nnc(C)s2)c1. The van der Waals surface area contributed by atoms with Gasteiger partial charge in [-0.2, -0.15) is 4.31 Å². The smallest absolute Gasteiger partial charge is 0.251 e. The van der Waals surface area contributed by atoms with Crippen molar-refractivity contribution in [2.75, 3.05) is 24.2 Å². The molecule has 43 heavy (non-hydrogen) atoms. The molecule has 0 radical (unpaired) electrons. The van der Waals surface area contributed by atoms with E-state index in [-0.39, 0.29) is 29.0 Å². The number of aromatic nitrogens is 5. The topological polar surface area (TPSA) is 152 Å². The van der Waals surface area contributed by atoms with E-state index < -0.39 is 10.0 Å². The van der Waals surface area contributed by atoms with Gasteiger partial charge in [-0.15, -0.1) is 20.4 Å². The van der Waals surface area contributed by atoms with Gasteiger partial charge in [0.05, 0.1) is 22.9 Å². The van der Waals surface area contributed by atoms with Crippen LogP contribution in [0.25, 0.3) is 5.69 Å². The van der Waals surface area contributed by atoms with E-state index in [1.165, 1.54) is 51.7 Å². The number of thioether (sulfide) groups is 1. The third-order valence-electron chi connectivity index (χ3n) is 6.89. The molecule has 2 aromatic heterocycles. The van der Waals surface area contributed by atoms with Crippen LogP contribution in [0.15, 0.2) is 52.5 Å². The van der Waals surface area contributed by atoms with Gasteiger partial charge in [0, 0.05) is 18.7 Å². The molecular formula is C28H32N8O4S3. The van der Waals surface area contributed by atoms with Gasteiger partial charge in [0.1, 0.15) is 5.01 Å². The van der Waals surface area contributed by atoms with Gasteiger partial charge < -0.3 is 5.32 Å². The average molecular weight is 641 g/mol. The van der Waals surface area contributed by atoms with Gasteiger partial charge in [-0.25, -0.2) is 8.42 Å². The predicted octanol–water partition coefficient (Wildman–Crippen LogP) is 3.88. The molecule has 1 aliphatic rings. The average Bonchev–Trinajstić information content (AvgIpc) is 3.61. The summed E-state index contributed by atoms with van der Waals surface area (Å²) in [5.74, 6) is -0.0784. The Morgan fingerprint density at radius 1 is 0.953 bits per heavy atom. The van der Waals surface area contributed by atoms with E-state index in [0.717, 1.165) is 41.1 Å². The molecule has 0 unspecified atom stereocenters. The van der Waals surface area contributed by atoms with Crippen molar-refractivity contribution in [3.8, 4) is 5.69 Å². The number of nitrogens with one attached hydrogen (secondary N) is 2. The minimum Gasteiger partial charge on any atom is -0.345 e. The molecule has 5 rings (SSSR count). The van der Waals surface area contributed by atoms with E-state index in [2.05, 4.69) is 31.0 Å². The second-order valence-corrected chi connectivity index (χ2v) is 14.2. The molecule has 1 fully saturated rings. The highest BCUT2D eigenvalue weighted by Gasteiger charge is 2.26. The molecule has 0 saturated carbocycles. The summed E-state index contributed by atoms with van der Waals surface area (Å²) >= 11 is 2.51. The van der Waals surface area contributed by atoms with Crippen molar-refractivity contribution in [2.45, 2.75) is 56.6 Å². The number of piperidine rings is 1. The lowest BCUT2D eigenvalue weighted by molar-refractivity contribution is -0.113. The Balaban J connectivity index is 1.30. The molecule has 0 bridgehead atoms. The predicted molar refractivity (Wildman–Crippen MR) is 165 cm³/mol. The summed E-state index contributed by atoms with van der Waals surface area (Å²) in [5.41, 5.74) is 3.17. The number of hydrogen-bond donors (Lipinski definition) is 2. The van der Waals surface area contributed by atoms with Gasteiger partial charge in [-0.1, -0.05) is 41.7 Å². The zero-order valence-corrected chi connectivity index (χ0v) is 26.5. The van der Waals surface area contributed by atoms with E-state index >= 15 is 0 Å². The fourth-order valence-electron chi connectivity index (χ4n) is 4.64. The Bertz CT molecular complexity index is 1730. The minimum atomic E-state index is -3.59. The van der Waals surface area contributed by atoms with Crippen molar-refractivity contribution >= 4 is 50.1 Å². The first-order valence-corrected chi connectivity index (χ1v) is 17.0. The van der Waals surface area contributed by atoms with Gasteiger partial charge >= 0.3 is 0 Å². The number of anilines is 1. The second-order valence-electron chi connectivity index (χ2n) is 10.2. The fourth-order valence-corrected chi connectivity index (χ4v) is 7.53. The monoisotopic (exact) mass is 640 g/mol. The maximum Gasteiger partial charge on any atom is 0.251 e. The van der Waals surface area contributed by atoms with E-state index in [9.17, 15) is 18.0 Å². The van der Waals surface area contributed by atoms with E-state index in [0.29, 0.717) is 34.8 Å². The number of amides is 2. The van der Waals surface area contributed by atoms with Crippen LogP contribution in [-0.2, 0) is 21.4 Å². The summed E-state index contributed by atoms with van der Waals surface area (Å²) in [6.07, 6.45) is 2.73.